The summed E-state index contributed by atoms with van der Waals surface area (Å²) in [6.07, 6.45) is 6.62. The monoisotopic (exact) mass is 372 g/mol. The summed E-state index contributed by atoms with van der Waals surface area (Å²) in [4.78, 5) is 12.0. The SMILES string of the molecule is C#CCOc1c(Cl)cc(/C=N\NC(=O)c2ccc(OC)cc2)cc1OC. The number of amides is 1. The third-order valence-electron chi connectivity index (χ3n) is 3.28. The number of carbonyl (C=O) groups is 1. The first-order valence-corrected chi connectivity index (χ1v) is 7.88. The zero-order valence-electron chi connectivity index (χ0n) is 14.3. The fourth-order valence-corrected chi connectivity index (χ4v) is 2.31. The van der Waals surface area contributed by atoms with Gasteiger partial charge in [0.1, 0.15) is 12.4 Å². The van der Waals surface area contributed by atoms with Gasteiger partial charge in [-0.25, -0.2) is 5.43 Å². The lowest BCUT2D eigenvalue weighted by atomic mass is 10.2. The van der Waals surface area contributed by atoms with Crippen molar-refractivity contribution >= 4 is 23.7 Å². The minimum Gasteiger partial charge on any atom is -0.497 e. The zero-order valence-corrected chi connectivity index (χ0v) is 15.0. The maximum absolute atomic E-state index is 12.0. The van der Waals surface area contributed by atoms with E-state index in [1.807, 2.05) is 0 Å². The van der Waals surface area contributed by atoms with Gasteiger partial charge in [0.25, 0.3) is 5.91 Å². The number of nitrogens with one attached hydrogen (secondary N) is 1. The molecule has 0 fully saturated rings. The lowest BCUT2D eigenvalue weighted by molar-refractivity contribution is 0.0955. The Bertz CT molecular complexity index is 842. The average molecular weight is 373 g/mol. The van der Waals surface area contributed by atoms with Gasteiger partial charge in [-0.15, -0.1) is 6.42 Å². The highest BCUT2D eigenvalue weighted by atomic mass is 35.5. The van der Waals surface area contributed by atoms with Crippen LogP contribution < -0.4 is 19.6 Å². The lowest BCUT2D eigenvalue weighted by Crippen LogP contribution is -2.17. The van der Waals surface area contributed by atoms with Crippen LogP contribution in [0.1, 0.15) is 15.9 Å². The van der Waals surface area contributed by atoms with E-state index in [-0.39, 0.29) is 12.5 Å². The summed E-state index contributed by atoms with van der Waals surface area (Å²) in [5.41, 5.74) is 3.51. The molecule has 1 N–H and O–H groups in total. The third kappa shape index (κ3) is 4.91. The summed E-state index contributed by atoms with van der Waals surface area (Å²) in [5, 5.41) is 4.25. The molecule has 0 spiro atoms. The molecule has 0 heterocycles. The van der Waals surface area contributed by atoms with E-state index in [0.717, 1.165) is 0 Å². The Morgan fingerprint density at radius 1 is 1.27 bits per heavy atom. The van der Waals surface area contributed by atoms with Gasteiger partial charge in [0.15, 0.2) is 11.5 Å². The molecule has 6 nitrogen and oxygen atoms in total. The summed E-state index contributed by atoms with van der Waals surface area (Å²) in [7, 11) is 3.04. The summed E-state index contributed by atoms with van der Waals surface area (Å²) in [6, 6.07) is 9.96. The normalized spacial score (nSPS) is 10.2. The molecule has 0 bridgehead atoms. The van der Waals surface area contributed by atoms with Crippen LogP contribution in [-0.4, -0.2) is 32.9 Å². The largest absolute Gasteiger partial charge is 0.497 e. The number of terminal acetylenes is 1. The van der Waals surface area contributed by atoms with Gasteiger partial charge in [-0.05, 0) is 42.0 Å². The lowest BCUT2D eigenvalue weighted by Gasteiger charge is -2.11. The van der Waals surface area contributed by atoms with Crippen molar-refractivity contribution in [3.63, 3.8) is 0 Å². The molecule has 0 saturated carbocycles. The molecule has 0 unspecified atom stereocenters. The summed E-state index contributed by atoms with van der Waals surface area (Å²) < 4.78 is 15.7. The number of hydrogen-bond donors (Lipinski definition) is 1. The second-order valence-electron chi connectivity index (χ2n) is 4.95. The van der Waals surface area contributed by atoms with Crippen LogP contribution in [0.15, 0.2) is 41.5 Å². The number of ether oxygens (including phenoxy) is 3. The smallest absolute Gasteiger partial charge is 0.271 e. The molecular formula is C19H17ClN2O4. The minimum atomic E-state index is -0.351. The third-order valence-corrected chi connectivity index (χ3v) is 3.56. The Morgan fingerprint density at radius 2 is 2.00 bits per heavy atom. The van der Waals surface area contributed by atoms with Gasteiger partial charge in [-0.2, -0.15) is 5.10 Å². The first kappa shape index (κ1) is 19.2. The zero-order chi connectivity index (χ0) is 18.9. The quantitative estimate of drug-likeness (QED) is 0.460. The molecule has 0 radical (unpaired) electrons. The van der Waals surface area contributed by atoms with Crippen LogP contribution in [0.2, 0.25) is 5.02 Å². The van der Waals surface area contributed by atoms with Crippen molar-refractivity contribution < 1.29 is 19.0 Å². The van der Waals surface area contributed by atoms with Crippen molar-refractivity contribution in [1.29, 1.82) is 0 Å². The number of benzene rings is 2. The summed E-state index contributed by atoms with van der Waals surface area (Å²) in [6.45, 7) is 0.0709. The van der Waals surface area contributed by atoms with Gasteiger partial charge >= 0.3 is 0 Å². The Hall–Kier alpha value is -3.17. The minimum absolute atomic E-state index is 0.0709. The molecule has 7 heteroatoms. The Balaban J connectivity index is 2.08. The van der Waals surface area contributed by atoms with Gasteiger partial charge in [0.2, 0.25) is 0 Å². The predicted octanol–water partition coefficient (Wildman–Crippen LogP) is 3.13. The van der Waals surface area contributed by atoms with Crippen molar-refractivity contribution in [3.05, 3.63) is 52.5 Å². The van der Waals surface area contributed by atoms with Crippen molar-refractivity contribution in [1.82, 2.24) is 5.43 Å². The second-order valence-corrected chi connectivity index (χ2v) is 5.36. The average Bonchev–Trinajstić information content (AvgIpc) is 2.66. The molecule has 1 amide bonds. The van der Waals surface area contributed by atoms with E-state index < -0.39 is 0 Å². The first-order valence-electron chi connectivity index (χ1n) is 7.50. The van der Waals surface area contributed by atoms with Crippen LogP contribution in [0.4, 0.5) is 0 Å². The van der Waals surface area contributed by atoms with Crippen LogP contribution in [0.5, 0.6) is 17.2 Å². The van der Waals surface area contributed by atoms with Crippen LogP contribution >= 0.6 is 11.6 Å². The number of carbonyl (C=O) groups excluding carboxylic acids is 1. The summed E-state index contributed by atoms with van der Waals surface area (Å²) >= 11 is 6.18. The molecule has 0 aliphatic rings. The predicted molar refractivity (Wildman–Crippen MR) is 100 cm³/mol. The topological polar surface area (TPSA) is 69.2 Å². The highest BCUT2D eigenvalue weighted by Gasteiger charge is 2.11. The molecule has 0 saturated heterocycles. The molecule has 0 aliphatic carbocycles. The molecule has 134 valence electrons. The van der Waals surface area contributed by atoms with Gasteiger partial charge in [0.05, 0.1) is 25.5 Å². The summed E-state index contributed by atoms with van der Waals surface area (Å²) in [5.74, 6) is 3.44. The van der Waals surface area contributed by atoms with Gasteiger partial charge < -0.3 is 14.2 Å². The Kier molecular flexibility index (Phi) is 6.89. The number of halogens is 1. The molecule has 0 aliphatic heterocycles. The fraction of sp³-hybridized carbons (Fsp3) is 0.158. The van der Waals surface area contributed by atoms with Crippen molar-refractivity contribution in [2.24, 2.45) is 5.10 Å². The number of hydrazone groups is 1. The number of nitrogens with zero attached hydrogens (tertiary/aromatic N) is 1. The molecule has 0 atom stereocenters. The Morgan fingerprint density at radius 3 is 2.62 bits per heavy atom. The van der Waals surface area contributed by atoms with E-state index in [0.29, 0.717) is 33.4 Å². The van der Waals surface area contributed by atoms with Crippen LogP contribution in [0.25, 0.3) is 0 Å². The second kappa shape index (κ2) is 9.35. The molecule has 2 aromatic rings. The maximum atomic E-state index is 12.0. The molecule has 2 aromatic carbocycles. The van der Waals surface area contributed by atoms with E-state index in [4.69, 9.17) is 32.2 Å². The Labute approximate surface area is 156 Å². The molecule has 26 heavy (non-hydrogen) atoms. The van der Waals surface area contributed by atoms with Crippen molar-refractivity contribution in [2.75, 3.05) is 20.8 Å². The van der Waals surface area contributed by atoms with Gasteiger partial charge in [-0.1, -0.05) is 17.5 Å². The van der Waals surface area contributed by atoms with Crippen molar-refractivity contribution in [2.45, 2.75) is 0 Å². The highest BCUT2D eigenvalue weighted by molar-refractivity contribution is 6.32. The van der Waals surface area contributed by atoms with Crippen LogP contribution in [0, 0.1) is 12.3 Å². The number of rotatable bonds is 7. The van der Waals surface area contributed by atoms with E-state index in [1.165, 1.54) is 13.3 Å². The van der Waals surface area contributed by atoms with Gasteiger partial charge in [-0.3, -0.25) is 4.79 Å². The standard InChI is InChI=1S/C19H17ClN2O4/c1-4-9-26-18-16(20)10-13(11-17(18)25-3)12-21-22-19(23)14-5-7-15(24-2)8-6-14/h1,5-8,10-12H,9H2,2-3H3,(H,22,23)/b21-12-. The highest BCUT2D eigenvalue weighted by Crippen LogP contribution is 2.35. The molecular weight excluding hydrogens is 356 g/mol. The fourth-order valence-electron chi connectivity index (χ4n) is 2.04. The van der Waals surface area contributed by atoms with E-state index in [2.05, 4.69) is 16.4 Å². The van der Waals surface area contributed by atoms with E-state index in [9.17, 15) is 4.79 Å². The molecule has 2 rings (SSSR count). The van der Waals surface area contributed by atoms with E-state index >= 15 is 0 Å². The first-order chi connectivity index (χ1) is 12.6. The van der Waals surface area contributed by atoms with E-state index in [1.54, 1.807) is 43.5 Å². The van der Waals surface area contributed by atoms with Gasteiger partial charge in [0, 0.05) is 5.56 Å². The maximum Gasteiger partial charge on any atom is 0.271 e. The number of hydrogen-bond acceptors (Lipinski definition) is 5. The van der Waals surface area contributed by atoms with Crippen LogP contribution in [-0.2, 0) is 0 Å². The van der Waals surface area contributed by atoms with Crippen molar-refractivity contribution in [3.8, 4) is 29.6 Å². The molecule has 0 aromatic heterocycles. The van der Waals surface area contributed by atoms with Crippen LogP contribution in [0.3, 0.4) is 0 Å². The number of methoxy groups -OCH3 is 2.